The summed E-state index contributed by atoms with van der Waals surface area (Å²) in [6.07, 6.45) is -0.204. The minimum absolute atomic E-state index is 0.204. The van der Waals surface area contributed by atoms with E-state index in [9.17, 15) is 0 Å². The molecule has 0 atom stereocenters. The van der Waals surface area contributed by atoms with E-state index in [-0.39, 0.29) is 6.29 Å². The van der Waals surface area contributed by atoms with Crippen LogP contribution in [0.2, 0.25) is 0 Å². The van der Waals surface area contributed by atoms with Crippen LogP contribution < -0.4 is 0 Å². The van der Waals surface area contributed by atoms with Crippen molar-refractivity contribution in [2.75, 3.05) is 13.2 Å². The summed E-state index contributed by atoms with van der Waals surface area (Å²) in [7, 11) is 0. The number of hydrogen-bond donors (Lipinski definition) is 0. The second-order valence-electron chi connectivity index (χ2n) is 3.79. The minimum Gasteiger partial charge on any atom is -0.346 e. The molecule has 2 aromatic carbocycles. The molecule has 82 valence electrons. The van der Waals surface area contributed by atoms with E-state index in [2.05, 4.69) is 40.2 Å². The van der Waals surface area contributed by atoms with E-state index >= 15 is 0 Å². The van der Waals surface area contributed by atoms with Crippen molar-refractivity contribution in [3.63, 3.8) is 0 Å². The number of rotatable bonds is 1. The Morgan fingerprint density at radius 1 is 1.06 bits per heavy atom. The van der Waals surface area contributed by atoms with Crippen molar-refractivity contribution in [3.8, 4) is 0 Å². The van der Waals surface area contributed by atoms with E-state index in [1.54, 1.807) is 0 Å². The summed E-state index contributed by atoms with van der Waals surface area (Å²) in [4.78, 5) is 0. The molecular formula is C13H11BrO2. The lowest BCUT2D eigenvalue weighted by Gasteiger charge is -2.12. The van der Waals surface area contributed by atoms with Crippen molar-refractivity contribution in [2.45, 2.75) is 6.29 Å². The van der Waals surface area contributed by atoms with Gasteiger partial charge in [0.15, 0.2) is 6.29 Å². The van der Waals surface area contributed by atoms with Crippen LogP contribution in [0.15, 0.2) is 40.9 Å². The standard InChI is InChI=1S/C13H11BrO2/c14-10-4-5-11-9(8-10)2-1-3-12(11)13-15-6-7-16-13/h1-5,8,13H,6-7H2. The molecule has 0 radical (unpaired) electrons. The summed E-state index contributed by atoms with van der Waals surface area (Å²) in [5.41, 5.74) is 1.11. The predicted octanol–water partition coefficient (Wildman–Crippen LogP) is 3.65. The topological polar surface area (TPSA) is 18.5 Å². The second kappa shape index (κ2) is 4.17. The zero-order valence-corrected chi connectivity index (χ0v) is 10.2. The fourth-order valence-corrected chi connectivity index (χ4v) is 2.40. The number of benzene rings is 2. The molecule has 1 aliphatic rings. The average molecular weight is 279 g/mol. The number of hydrogen-bond acceptors (Lipinski definition) is 2. The SMILES string of the molecule is Brc1ccc2c(C3OCCO3)cccc2c1. The molecule has 0 unspecified atom stereocenters. The molecule has 16 heavy (non-hydrogen) atoms. The van der Waals surface area contributed by atoms with Crippen LogP contribution in [-0.2, 0) is 9.47 Å². The van der Waals surface area contributed by atoms with Crippen molar-refractivity contribution >= 4 is 26.7 Å². The molecule has 0 aliphatic carbocycles. The zero-order chi connectivity index (χ0) is 11.0. The lowest BCUT2D eigenvalue weighted by molar-refractivity contribution is -0.0430. The molecule has 1 heterocycles. The molecule has 0 bridgehead atoms. The third-order valence-electron chi connectivity index (χ3n) is 2.75. The minimum atomic E-state index is -0.204. The van der Waals surface area contributed by atoms with Gasteiger partial charge in [0.25, 0.3) is 0 Å². The summed E-state index contributed by atoms with van der Waals surface area (Å²) in [6.45, 7) is 1.36. The maximum absolute atomic E-state index is 5.54. The van der Waals surface area contributed by atoms with Crippen molar-refractivity contribution in [3.05, 3.63) is 46.4 Å². The first-order valence-corrected chi connectivity index (χ1v) is 6.05. The molecule has 2 aromatic rings. The van der Waals surface area contributed by atoms with Gasteiger partial charge >= 0.3 is 0 Å². The fraction of sp³-hybridized carbons (Fsp3) is 0.231. The first-order chi connectivity index (χ1) is 7.84. The Morgan fingerprint density at radius 3 is 2.69 bits per heavy atom. The van der Waals surface area contributed by atoms with Gasteiger partial charge in [-0.1, -0.05) is 40.2 Å². The third-order valence-corrected chi connectivity index (χ3v) is 3.25. The Kier molecular flexibility index (Phi) is 2.67. The van der Waals surface area contributed by atoms with Crippen LogP contribution in [-0.4, -0.2) is 13.2 Å². The maximum Gasteiger partial charge on any atom is 0.184 e. The largest absolute Gasteiger partial charge is 0.346 e. The van der Waals surface area contributed by atoms with Crippen LogP contribution in [0.1, 0.15) is 11.9 Å². The van der Waals surface area contributed by atoms with Gasteiger partial charge in [-0.2, -0.15) is 0 Å². The lowest BCUT2D eigenvalue weighted by atomic mass is 10.0. The molecule has 0 saturated carbocycles. The van der Waals surface area contributed by atoms with E-state index in [0.717, 1.165) is 10.0 Å². The van der Waals surface area contributed by atoms with Gasteiger partial charge in [-0.05, 0) is 22.9 Å². The zero-order valence-electron chi connectivity index (χ0n) is 8.65. The summed E-state index contributed by atoms with van der Waals surface area (Å²) < 4.78 is 12.2. The maximum atomic E-state index is 5.54. The first kappa shape index (κ1) is 10.3. The number of halogens is 1. The van der Waals surface area contributed by atoms with Gasteiger partial charge in [-0.25, -0.2) is 0 Å². The van der Waals surface area contributed by atoms with Gasteiger partial charge < -0.3 is 9.47 Å². The molecule has 3 heteroatoms. The summed E-state index contributed by atoms with van der Waals surface area (Å²) >= 11 is 3.48. The fourth-order valence-electron chi connectivity index (χ4n) is 2.02. The van der Waals surface area contributed by atoms with E-state index in [1.165, 1.54) is 10.8 Å². The summed E-state index contributed by atoms with van der Waals surface area (Å²) in [5.74, 6) is 0. The van der Waals surface area contributed by atoms with Crippen LogP contribution in [0.3, 0.4) is 0 Å². The monoisotopic (exact) mass is 278 g/mol. The third kappa shape index (κ3) is 1.75. The van der Waals surface area contributed by atoms with Crippen molar-refractivity contribution < 1.29 is 9.47 Å². The van der Waals surface area contributed by atoms with Gasteiger partial charge in [0.1, 0.15) is 0 Å². The highest BCUT2D eigenvalue weighted by atomic mass is 79.9. The molecule has 2 nitrogen and oxygen atoms in total. The van der Waals surface area contributed by atoms with Gasteiger partial charge in [0.2, 0.25) is 0 Å². The Labute approximate surface area is 102 Å². The predicted molar refractivity (Wildman–Crippen MR) is 66.3 cm³/mol. The van der Waals surface area contributed by atoms with Crippen molar-refractivity contribution in [1.82, 2.24) is 0 Å². The molecule has 0 spiro atoms. The molecule has 0 N–H and O–H groups in total. The highest BCUT2D eigenvalue weighted by Crippen LogP contribution is 2.31. The molecule has 1 fully saturated rings. The molecule has 3 rings (SSSR count). The molecule has 1 aliphatic heterocycles. The van der Waals surface area contributed by atoms with Crippen molar-refractivity contribution in [2.24, 2.45) is 0 Å². The van der Waals surface area contributed by atoms with Crippen LogP contribution in [0.25, 0.3) is 10.8 Å². The van der Waals surface area contributed by atoms with Gasteiger partial charge in [-0.15, -0.1) is 0 Å². The molecular weight excluding hydrogens is 268 g/mol. The molecule has 0 amide bonds. The highest BCUT2D eigenvalue weighted by Gasteiger charge is 2.19. The Morgan fingerprint density at radius 2 is 1.88 bits per heavy atom. The van der Waals surface area contributed by atoms with E-state index in [4.69, 9.17) is 9.47 Å². The number of ether oxygens (including phenoxy) is 2. The highest BCUT2D eigenvalue weighted by molar-refractivity contribution is 9.10. The number of fused-ring (bicyclic) bond motifs is 1. The van der Waals surface area contributed by atoms with Gasteiger partial charge in [0, 0.05) is 10.0 Å². The van der Waals surface area contributed by atoms with Crippen LogP contribution in [0.5, 0.6) is 0 Å². The van der Waals surface area contributed by atoms with Crippen LogP contribution in [0.4, 0.5) is 0 Å². The smallest absolute Gasteiger partial charge is 0.184 e. The Hall–Kier alpha value is -0.900. The molecule has 0 aromatic heterocycles. The Balaban J connectivity index is 2.16. The van der Waals surface area contributed by atoms with Crippen LogP contribution >= 0.6 is 15.9 Å². The normalized spacial score (nSPS) is 17.1. The Bertz CT molecular complexity index is 518. The van der Waals surface area contributed by atoms with Gasteiger partial charge in [-0.3, -0.25) is 0 Å². The van der Waals surface area contributed by atoms with E-state index in [1.807, 2.05) is 12.1 Å². The van der Waals surface area contributed by atoms with E-state index in [0.29, 0.717) is 13.2 Å². The second-order valence-corrected chi connectivity index (χ2v) is 4.70. The quantitative estimate of drug-likeness (QED) is 0.793. The first-order valence-electron chi connectivity index (χ1n) is 5.26. The lowest BCUT2D eigenvalue weighted by Crippen LogP contribution is -1.98. The van der Waals surface area contributed by atoms with Crippen LogP contribution in [0, 0.1) is 0 Å². The molecule has 1 saturated heterocycles. The average Bonchev–Trinajstić information content (AvgIpc) is 2.81. The van der Waals surface area contributed by atoms with Gasteiger partial charge in [0.05, 0.1) is 13.2 Å². The van der Waals surface area contributed by atoms with E-state index < -0.39 is 0 Å². The summed E-state index contributed by atoms with van der Waals surface area (Å²) in [6, 6.07) is 12.4. The van der Waals surface area contributed by atoms with Crippen molar-refractivity contribution in [1.29, 1.82) is 0 Å². The summed E-state index contributed by atoms with van der Waals surface area (Å²) in [5, 5.41) is 2.39.